The second kappa shape index (κ2) is 32.2. The highest BCUT2D eigenvalue weighted by Gasteiger charge is 2.56. The number of aliphatic hydroxyl groups excluding tert-OH is 1. The Balaban J connectivity index is 0.614. The number of phenolic OH excluding ortho intramolecular Hbond substituents is 1. The van der Waals surface area contributed by atoms with Gasteiger partial charge >= 0.3 is 5.97 Å². The zero-order valence-electron chi connectivity index (χ0n) is 48.5. The predicted octanol–water partition coefficient (Wildman–Crippen LogP) is 4.65. The van der Waals surface area contributed by atoms with Crippen molar-refractivity contribution < 1.29 is 76.8 Å². The molecule has 2 saturated carbocycles. The largest absolute Gasteiger partial charge is 0.508 e. The van der Waals surface area contributed by atoms with Crippen LogP contribution in [0.2, 0.25) is 0 Å². The summed E-state index contributed by atoms with van der Waals surface area (Å²) >= 11 is 1.56. The van der Waals surface area contributed by atoms with Crippen LogP contribution in [0.15, 0.2) is 48.0 Å². The Labute approximate surface area is 486 Å². The number of likely N-dealkylation sites (tertiary alicyclic amines) is 1. The highest BCUT2D eigenvalue weighted by Crippen LogP contribution is 2.61. The van der Waals surface area contributed by atoms with E-state index in [9.17, 15) is 34.2 Å². The molecule has 1 saturated heterocycles. The van der Waals surface area contributed by atoms with Crippen molar-refractivity contribution in [2.24, 2.45) is 22.7 Å². The molecule has 7 rings (SSSR count). The molecule has 3 aromatic rings. The number of esters is 1. The zero-order chi connectivity index (χ0) is 58.5. The van der Waals surface area contributed by atoms with Crippen molar-refractivity contribution in [2.75, 3.05) is 119 Å². The molecule has 4 amide bonds. The van der Waals surface area contributed by atoms with Gasteiger partial charge in [0.2, 0.25) is 23.6 Å². The van der Waals surface area contributed by atoms with E-state index in [1.807, 2.05) is 64.1 Å². The number of hydrogen-bond donors (Lipinski definition) is 5. The Kier molecular flexibility index (Phi) is 25.3. The fourth-order valence-electron chi connectivity index (χ4n) is 11.9. The van der Waals surface area contributed by atoms with Gasteiger partial charge in [0, 0.05) is 31.5 Å². The number of amides is 4. The number of aliphatic hydroxyl groups is 1. The number of benzene rings is 2. The zero-order valence-corrected chi connectivity index (χ0v) is 49.3. The molecule has 0 bridgehead atoms. The molecule has 5 N–H and O–H groups in total. The van der Waals surface area contributed by atoms with Crippen molar-refractivity contribution in [3.8, 4) is 16.2 Å². The van der Waals surface area contributed by atoms with Gasteiger partial charge in [-0.25, -0.2) is 9.78 Å². The van der Waals surface area contributed by atoms with Crippen molar-refractivity contribution in [1.29, 1.82) is 0 Å². The predicted molar refractivity (Wildman–Crippen MR) is 304 cm³/mol. The van der Waals surface area contributed by atoms with Crippen LogP contribution in [0.25, 0.3) is 10.4 Å². The van der Waals surface area contributed by atoms with E-state index in [-0.39, 0.29) is 102 Å². The lowest BCUT2D eigenvalue weighted by Gasteiger charge is -2.50. The van der Waals surface area contributed by atoms with Crippen molar-refractivity contribution in [2.45, 2.75) is 116 Å². The third-order valence-corrected chi connectivity index (χ3v) is 17.1. The molecule has 2 aromatic carbocycles. The molecule has 1 aliphatic heterocycles. The lowest BCUT2D eigenvalue weighted by molar-refractivity contribution is -0.163. The molecule has 3 aliphatic carbocycles. The molecule has 4 aliphatic rings. The Morgan fingerprint density at radius 3 is 1.99 bits per heavy atom. The first-order chi connectivity index (χ1) is 39.5. The molecule has 21 nitrogen and oxygen atoms in total. The molecule has 0 radical (unpaired) electrons. The minimum absolute atomic E-state index is 0.0214. The van der Waals surface area contributed by atoms with Gasteiger partial charge in [0.25, 0.3) is 0 Å². The lowest BCUT2D eigenvalue weighted by Crippen LogP contribution is -2.58. The van der Waals surface area contributed by atoms with E-state index in [2.05, 4.69) is 33.9 Å². The minimum Gasteiger partial charge on any atom is -0.508 e. The number of aromatic nitrogens is 1. The van der Waals surface area contributed by atoms with E-state index in [0.717, 1.165) is 60.2 Å². The fraction of sp³-hybridized carbons (Fsp3) is 0.667. The second-order valence-corrected chi connectivity index (χ2v) is 23.8. The van der Waals surface area contributed by atoms with E-state index >= 15 is 0 Å². The van der Waals surface area contributed by atoms with Gasteiger partial charge in [0.15, 0.2) is 0 Å². The lowest BCUT2D eigenvalue weighted by atomic mass is 9.55. The number of nitrogens with zero attached hydrogens (tertiary/aromatic N) is 2. The summed E-state index contributed by atoms with van der Waals surface area (Å²) in [7, 11) is 0. The topological polar surface area (TPSA) is 261 Å². The van der Waals surface area contributed by atoms with Gasteiger partial charge in [-0.3, -0.25) is 19.2 Å². The number of fused-ring (bicyclic) bond motifs is 5. The van der Waals surface area contributed by atoms with Crippen LogP contribution in [-0.2, 0) is 79.6 Å². The Morgan fingerprint density at radius 1 is 0.756 bits per heavy atom. The summed E-state index contributed by atoms with van der Waals surface area (Å²) in [6.45, 7) is 13.5. The first-order valence-corrected chi connectivity index (χ1v) is 29.8. The van der Waals surface area contributed by atoms with Crippen LogP contribution in [0, 0.1) is 29.6 Å². The maximum Gasteiger partial charge on any atom is 0.332 e. The molecule has 82 heavy (non-hydrogen) atoms. The third-order valence-electron chi connectivity index (χ3n) is 16.1. The Hall–Kier alpha value is -5.14. The molecule has 3 fully saturated rings. The summed E-state index contributed by atoms with van der Waals surface area (Å²) in [5.41, 5.74) is 6.61. The quantitative estimate of drug-likeness (QED) is 0.0403. The van der Waals surface area contributed by atoms with Crippen molar-refractivity contribution >= 4 is 40.9 Å². The summed E-state index contributed by atoms with van der Waals surface area (Å²) in [5, 5.41) is 28.9. The van der Waals surface area contributed by atoms with Gasteiger partial charge in [-0.2, -0.15) is 0 Å². The number of carbonyl (C=O) groups is 5. The maximum atomic E-state index is 13.9. The maximum absolute atomic E-state index is 13.9. The number of carbonyl (C=O) groups excluding carboxylic acids is 5. The summed E-state index contributed by atoms with van der Waals surface area (Å²) in [4.78, 5) is 71.9. The molecule has 1 aromatic heterocycles. The van der Waals surface area contributed by atoms with Crippen molar-refractivity contribution in [1.82, 2.24) is 25.8 Å². The highest BCUT2D eigenvalue weighted by atomic mass is 32.1. The molecule has 454 valence electrons. The van der Waals surface area contributed by atoms with E-state index in [0.29, 0.717) is 82.9 Å². The second-order valence-electron chi connectivity index (χ2n) is 22.9. The number of aryl methyl sites for hydroxylation is 2. The smallest absolute Gasteiger partial charge is 0.332 e. The average Bonchev–Trinajstić information content (AvgIpc) is 4.00. The number of aromatic hydroxyl groups is 1. The van der Waals surface area contributed by atoms with Gasteiger partial charge < -0.3 is 73.7 Å². The van der Waals surface area contributed by atoms with Gasteiger partial charge in [0.05, 0.1) is 108 Å². The third kappa shape index (κ3) is 18.9. The Bertz CT molecular complexity index is 2510. The van der Waals surface area contributed by atoms with Crippen LogP contribution in [0.1, 0.15) is 94.5 Å². The van der Waals surface area contributed by atoms with Crippen molar-refractivity contribution in [3.63, 3.8) is 0 Å². The number of nitrogens with one attached hydrogen (secondary N) is 3. The standard InChI is InChI=1S/C60H87N5O16S/c1-40-55(82-39-63-40)42-8-6-41(7-9-42)34-62-57(71)50-33-45(67)35-65(50)58(72)56(59(2,3)4)64-53(69)37-79-30-27-77-26-29-78-36-52(68)61-18-19-73-20-21-74-22-23-75-24-25-76-28-31-80-38-54(70)81-51-15-14-49-48-12-10-43-32-44(66)11-13-46(43)47(48)16-17-60(49,51)5/h6-9,11,13,32,39,45,47-51,56,66-67H,10,12,14-31,33-38H2,1-5H3,(H,61,68)(H,62,71)(H,64,69)/t45-,47-,48?,49+,50?,51?,56-,60+/m1/s1. The normalized spacial score (nSPS) is 22.4. The Morgan fingerprint density at radius 2 is 1.37 bits per heavy atom. The van der Waals surface area contributed by atoms with Crippen LogP contribution in [0.4, 0.5) is 0 Å². The van der Waals surface area contributed by atoms with Crippen LogP contribution in [0.3, 0.4) is 0 Å². The van der Waals surface area contributed by atoms with Gasteiger partial charge in [-0.05, 0) is 103 Å². The number of β-amino-alcohol motifs (C(OH)–C–C–N with tert-alkyl or cyclic N) is 1. The van der Waals surface area contributed by atoms with E-state index in [1.54, 1.807) is 16.8 Å². The van der Waals surface area contributed by atoms with Crippen molar-refractivity contribution in [3.05, 3.63) is 70.4 Å². The molecular formula is C60H87N5O16S. The molecular weight excluding hydrogens is 1080 g/mol. The van der Waals surface area contributed by atoms with E-state index in [1.165, 1.54) is 16.0 Å². The molecule has 8 atom stereocenters. The van der Waals surface area contributed by atoms with Gasteiger partial charge in [0.1, 0.15) is 43.8 Å². The average molecular weight is 1170 g/mol. The number of rotatable bonds is 34. The number of thiazole rings is 1. The monoisotopic (exact) mass is 1170 g/mol. The van der Waals surface area contributed by atoms with Crippen LogP contribution in [-0.4, -0.2) is 193 Å². The van der Waals surface area contributed by atoms with E-state index in [4.69, 9.17) is 42.6 Å². The summed E-state index contributed by atoms with van der Waals surface area (Å²) in [6.07, 6.45) is 5.27. The number of phenols is 1. The number of ether oxygens (including phenoxy) is 9. The van der Waals surface area contributed by atoms with Crippen LogP contribution in [0.5, 0.6) is 5.75 Å². The fourth-order valence-corrected chi connectivity index (χ4v) is 12.7. The minimum atomic E-state index is -0.991. The highest BCUT2D eigenvalue weighted by molar-refractivity contribution is 7.13. The summed E-state index contributed by atoms with van der Waals surface area (Å²) in [6, 6.07) is 11.8. The first-order valence-electron chi connectivity index (χ1n) is 29.0. The number of hydrogen-bond acceptors (Lipinski definition) is 18. The molecule has 3 unspecified atom stereocenters. The summed E-state index contributed by atoms with van der Waals surface area (Å²) < 4.78 is 50.1. The molecule has 22 heteroatoms. The SMILES string of the molecule is Cc1ncsc1-c1ccc(CNC(=O)C2C[C@@H](O)CN2C(=O)[C@@H](NC(=O)COCCOCCOCC(=O)NCCOCCOCCOCCOCCOCC(=O)OC2CC[C@H]3C4CCc5cc(O)ccc5[C@H]4CC[C@]23C)C(C)(C)C)cc1. The molecule has 0 spiro atoms. The van der Waals surface area contributed by atoms with Crippen LogP contribution < -0.4 is 16.0 Å². The molecule has 2 heterocycles. The van der Waals surface area contributed by atoms with Crippen LogP contribution >= 0.6 is 11.3 Å². The van der Waals surface area contributed by atoms with E-state index < -0.39 is 35.4 Å². The van der Waals surface area contributed by atoms with Gasteiger partial charge in [-0.15, -0.1) is 11.3 Å². The first kappa shape index (κ1) is 64.4. The van der Waals surface area contributed by atoms with Gasteiger partial charge in [-0.1, -0.05) is 58.0 Å². The summed E-state index contributed by atoms with van der Waals surface area (Å²) in [5.74, 6) is -0.0298.